The number of nitrogens with zero attached hydrogens (tertiary/aromatic N) is 1. The Hall–Kier alpha value is -2.56. The van der Waals surface area contributed by atoms with Crippen molar-refractivity contribution in [2.24, 2.45) is 0 Å². The summed E-state index contributed by atoms with van der Waals surface area (Å²) in [6.07, 6.45) is 0. The van der Waals surface area contributed by atoms with Crippen LogP contribution in [0, 0.1) is 0 Å². The largest absolute Gasteiger partial charge is 0.485 e. The molecule has 0 aliphatic rings. The number of ether oxygens (including phenoxy) is 2. The number of pyridine rings is 1. The van der Waals surface area contributed by atoms with E-state index in [0.717, 1.165) is 11.1 Å². The molecule has 0 spiro atoms. The highest BCUT2D eigenvalue weighted by Gasteiger charge is 2.18. The summed E-state index contributed by atoms with van der Waals surface area (Å²) < 4.78 is 11.9. The highest BCUT2D eigenvalue weighted by molar-refractivity contribution is 6.67. The first kappa shape index (κ1) is 19.2. The maximum atomic E-state index is 11.6. The fourth-order valence-corrected chi connectivity index (χ4v) is 2.76. The minimum atomic E-state index is -0.680. The van der Waals surface area contributed by atoms with Crippen LogP contribution in [0.25, 0.3) is 0 Å². The highest BCUT2D eigenvalue weighted by atomic mass is 35.5. The third-order valence-corrected chi connectivity index (χ3v) is 4.25. The van der Waals surface area contributed by atoms with Crippen molar-refractivity contribution in [1.29, 1.82) is 0 Å². The van der Waals surface area contributed by atoms with Gasteiger partial charge in [0.2, 0.25) is 0 Å². The summed E-state index contributed by atoms with van der Waals surface area (Å²) in [5, 5.41) is -0.680. The SMILES string of the molecule is O=C(Cl)c1cc(OCc2ccccc2)c(OCc2ccccc2)c(CCl)n1. The van der Waals surface area contributed by atoms with E-state index in [1.54, 1.807) is 0 Å². The number of hydrogen-bond acceptors (Lipinski definition) is 4. The normalized spacial score (nSPS) is 10.4. The molecule has 1 aromatic heterocycles. The van der Waals surface area contributed by atoms with Crippen LogP contribution in [-0.2, 0) is 19.1 Å². The third-order valence-electron chi connectivity index (χ3n) is 3.80. The molecule has 4 nitrogen and oxygen atoms in total. The number of halogens is 2. The molecule has 0 saturated carbocycles. The second-order valence-corrected chi connectivity index (χ2v) is 6.35. The smallest absolute Gasteiger partial charge is 0.270 e. The number of benzene rings is 2. The molecule has 0 N–H and O–H groups in total. The van der Waals surface area contributed by atoms with Crippen LogP contribution in [-0.4, -0.2) is 10.2 Å². The van der Waals surface area contributed by atoms with Gasteiger partial charge in [-0.05, 0) is 22.7 Å². The first-order valence-corrected chi connectivity index (χ1v) is 9.22. The van der Waals surface area contributed by atoms with Crippen molar-refractivity contribution in [1.82, 2.24) is 4.98 Å². The van der Waals surface area contributed by atoms with Gasteiger partial charge in [0.05, 0.1) is 5.88 Å². The number of hydrogen-bond donors (Lipinski definition) is 0. The van der Waals surface area contributed by atoms with Crippen molar-refractivity contribution in [2.75, 3.05) is 0 Å². The van der Waals surface area contributed by atoms with Gasteiger partial charge in [0, 0.05) is 6.07 Å². The van der Waals surface area contributed by atoms with Gasteiger partial charge in [-0.15, -0.1) is 11.6 Å². The summed E-state index contributed by atoms with van der Waals surface area (Å²) in [5.41, 5.74) is 2.45. The zero-order valence-corrected chi connectivity index (χ0v) is 15.9. The van der Waals surface area contributed by atoms with Crippen LogP contribution >= 0.6 is 23.2 Å². The Balaban J connectivity index is 1.89. The van der Waals surface area contributed by atoms with Gasteiger partial charge in [-0.2, -0.15) is 0 Å². The Kier molecular flexibility index (Phi) is 6.69. The molecular formula is C21H17Cl2NO3. The number of carbonyl (C=O) groups excluding carboxylic acids is 1. The molecule has 3 aromatic rings. The predicted octanol–water partition coefficient (Wildman–Crippen LogP) is 5.36. The van der Waals surface area contributed by atoms with Crippen LogP contribution in [0.5, 0.6) is 11.5 Å². The maximum Gasteiger partial charge on any atom is 0.270 e. The topological polar surface area (TPSA) is 48.4 Å². The van der Waals surface area contributed by atoms with Gasteiger partial charge in [-0.25, -0.2) is 4.98 Å². The van der Waals surface area contributed by atoms with Crippen LogP contribution in [0.3, 0.4) is 0 Å². The average Bonchev–Trinajstić information content (AvgIpc) is 2.71. The standard InChI is InChI=1S/C21H17Cl2NO3/c22-12-18-20(27-14-16-9-5-2-6-10-16)19(11-17(24-18)21(23)25)26-13-15-7-3-1-4-8-15/h1-11H,12-14H2. The third kappa shape index (κ3) is 5.22. The molecule has 6 heteroatoms. The monoisotopic (exact) mass is 401 g/mol. The van der Waals surface area contributed by atoms with E-state index in [0.29, 0.717) is 30.4 Å². The molecule has 0 bridgehead atoms. The second kappa shape index (κ2) is 9.40. The minimum absolute atomic E-state index is 0.0594. The van der Waals surface area contributed by atoms with Gasteiger partial charge in [0.15, 0.2) is 11.5 Å². The molecular weight excluding hydrogens is 385 g/mol. The fraction of sp³-hybridized carbons (Fsp3) is 0.143. The molecule has 0 atom stereocenters. The van der Waals surface area contributed by atoms with Crippen molar-refractivity contribution < 1.29 is 14.3 Å². The highest BCUT2D eigenvalue weighted by Crippen LogP contribution is 2.34. The summed E-state index contributed by atoms with van der Waals surface area (Å²) in [7, 11) is 0. The Morgan fingerprint density at radius 1 is 0.889 bits per heavy atom. The fourth-order valence-electron chi connectivity index (χ4n) is 2.48. The Bertz CT molecular complexity index is 902. The second-order valence-electron chi connectivity index (χ2n) is 5.74. The molecule has 27 heavy (non-hydrogen) atoms. The maximum absolute atomic E-state index is 11.6. The van der Waals surface area contributed by atoms with E-state index in [2.05, 4.69) is 4.98 Å². The summed E-state index contributed by atoms with van der Waals surface area (Å²) in [6, 6.07) is 20.9. The summed E-state index contributed by atoms with van der Waals surface area (Å²) in [6.45, 7) is 0.631. The molecule has 0 radical (unpaired) electrons. The predicted molar refractivity (Wildman–Crippen MR) is 106 cm³/mol. The molecule has 0 amide bonds. The van der Waals surface area contributed by atoms with Crippen molar-refractivity contribution in [2.45, 2.75) is 19.1 Å². The van der Waals surface area contributed by atoms with E-state index in [1.807, 2.05) is 60.7 Å². The number of alkyl halides is 1. The average molecular weight is 402 g/mol. The van der Waals surface area contributed by atoms with E-state index >= 15 is 0 Å². The number of carbonyl (C=O) groups is 1. The molecule has 3 rings (SSSR count). The van der Waals surface area contributed by atoms with Gasteiger partial charge >= 0.3 is 0 Å². The molecule has 0 unspecified atom stereocenters. The van der Waals surface area contributed by atoms with Crippen LogP contribution < -0.4 is 9.47 Å². The lowest BCUT2D eigenvalue weighted by Gasteiger charge is -2.16. The van der Waals surface area contributed by atoms with Crippen LogP contribution in [0.2, 0.25) is 0 Å². The summed E-state index contributed by atoms with van der Waals surface area (Å²) in [4.78, 5) is 15.8. The van der Waals surface area contributed by atoms with Gasteiger partial charge < -0.3 is 9.47 Å². The van der Waals surface area contributed by atoms with Gasteiger partial charge in [-0.3, -0.25) is 4.79 Å². The van der Waals surface area contributed by atoms with Crippen molar-refractivity contribution in [3.63, 3.8) is 0 Å². The molecule has 0 aliphatic heterocycles. The molecule has 1 heterocycles. The Morgan fingerprint density at radius 3 is 1.96 bits per heavy atom. The molecule has 0 saturated heterocycles. The van der Waals surface area contributed by atoms with Crippen molar-refractivity contribution >= 4 is 28.4 Å². The lowest BCUT2D eigenvalue weighted by molar-refractivity contribution is 0.107. The lowest BCUT2D eigenvalue weighted by Crippen LogP contribution is -2.07. The Morgan fingerprint density at radius 2 is 1.44 bits per heavy atom. The van der Waals surface area contributed by atoms with E-state index in [-0.39, 0.29) is 11.6 Å². The van der Waals surface area contributed by atoms with Gasteiger partial charge in [0.1, 0.15) is 24.6 Å². The quantitative estimate of drug-likeness (QED) is 0.376. The summed E-state index contributed by atoms with van der Waals surface area (Å²) >= 11 is 11.6. The minimum Gasteiger partial charge on any atom is -0.485 e. The molecule has 138 valence electrons. The van der Waals surface area contributed by atoms with E-state index < -0.39 is 5.24 Å². The van der Waals surface area contributed by atoms with E-state index in [1.165, 1.54) is 6.07 Å². The zero-order chi connectivity index (χ0) is 19.1. The molecule has 2 aromatic carbocycles. The van der Waals surface area contributed by atoms with Crippen LogP contribution in [0.15, 0.2) is 66.7 Å². The lowest BCUT2D eigenvalue weighted by atomic mass is 10.2. The zero-order valence-electron chi connectivity index (χ0n) is 14.4. The van der Waals surface area contributed by atoms with Crippen LogP contribution in [0.4, 0.5) is 0 Å². The van der Waals surface area contributed by atoms with E-state index in [9.17, 15) is 4.79 Å². The van der Waals surface area contributed by atoms with Gasteiger partial charge in [-0.1, -0.05) is 60.7 Å². The first-order valence-electron chi connectivity index (χ1n) is 8.30. The number of rotatable bonds is 8. The van der Waals surface area contributed by atoms with Crippen LogP contribution in [0.1, 0.15) is 27.3 Å². The van der Waals surface area contributed by atoms with E-state index in [4.69, 9.17) is 32.7 Å². The Labute approximate surface area is 167 Å². The van der Waals surface area contributed by atoms with Crippen molar-refractivity contribution in [3.8, 4) is 11.5 Å². The molecule has 0 fully saturated rings. The first-order chi connectivity index (χ1) is 13.2. The number of aromatic nitrogens is 1. The molecule has 0 aliphatic carbocycles. The van der Waals surface area contributed by atoms with Gasteiger partial charge in [0.25, 0.3) is 5.24 Å². The summed E-state index contributed by atoms with van der Waals surface area (Å²) in [5.74, 6) is 0.847. The van der Waals surface area contributed by atoms with Crippen molar-refractivity contribution in [3.05, 3.63) is 89.2 Å².